The Hall–Kier alpha value is -2.44. The van der Waals surface area contributed by atoms with E-state index in [1.807, 2.05) is 55.5 Å². The topological polar surface area (TPSA) is 64.1 Å². The van der Waals surface area contributed by atoms with E-state index in [0.717, 1.165) is 40.7 Å². The van der Waals surface area contributed by atoms with Crippen molar-refractivity contribution >= 4 is 33.9 Å². The van der Waals surface area contributed by atoms with E-state index >= 15 is 0 Å². The van der Waals surface area contributed by atoms with Gasteiger partial charge in [0.15, 0.2) is 5.78 Å². The molecule has 0 spiro atoms. The van der Waals surface area contributed by atoms with Crippen LogP contribution < -0.4 is 10.1 Å². The first-order valence-electron chi connectivity index (χ1n) is 10.0. The second-order valence-corrected chi connectivity index (χ2v) is 10.1. The predicted octanol–water partition coefficient (Wildman–Crippen LogP) is 5.54. The van der Waals surface area contributed by atoms with Crippen LogP contribution in [0.4, 0.5) is 5.13 Å². The summed E-state index contributed by atoms with van der Waals surface area (Å²) < 4.78 is 5.64. The molecule has 1 N–H and O–H groups in total. The Labute approximate surface area is 184 Å². The molecule has 0 radical (unpaired) electrons. The SMILES string of the molecule is Cc1ccc(OCC(=O)CC23CC(Nc4nnc(-c5ccc(Cl)cc5)s4)(C2)C3)cc1. The van der Waals surface area contributed by atoms with Crippen molar-refractivity contribution < 1.29 is 9.53 Å². The van der Waals surface area contributed by atoms with Crippen LogP contribution in [0.5, 0.6) is 5.75 Å². The molecule has 3 aromatic rings. The summed E-state index contributed by atoms with van der Waals surface area (Å²) in [7, 11) is 0. The monoisotopic (exact) mass is 439 g/mol. The molecule has 7 heteroatoms. The lowest BCUT2D eigenvalue weighted by atomic mass is 9.38. The molecule has 0 amide bonds. The maximum absolute atomic E-state index is 12.4. The summed E-state index contributed by atoms with van der Waals surface area (Å²) in [6.07, 6.45) is 3.61. The number of aryl methyl sites for hydroxylation is 1. The van der Waals surface area contributed by atoms with Crippen LogP contribution in [-0.2, 0) is 4.79 Å². The van der Waals surface area contributed by atoms with Crippen molar-refractivity contribution in [3.63, 3.8) is 0 Å². The van der Waals surface area contributed by atoms with E-state index in [-0.39, 0.29) is 23.3 Å². The maximum Gasteiger partial charge on any atom is 0.206 e. The van der Waals surface area contributed by atoms with Crippen LogP contribution in [0.3, 0.4) is 0 Å². The number of carbonyl (C=O) groups excluding carboxylic acids is 1. The van der Waals surface area contributed by atoms with Crippen molar-refractivity contribution in [1.29, 1.82) is 0 Å². The molecule has 1 aromatic heterocycles. The molecule has 30 heavy (non-hydrogen) atoms. The van der Waals surface area contributed by atoms with Crippen LogP contribution >= 0.6 is 22.9 Å². The lowest BCUT2D eigenvalue weighted by molar-refractivity contribution is -0.147. The highest BCUT2D eigenvalue weighted by atomic mass is 35.5. The summed E-state index contributed by atoms with van der Waals surface area (Å²) in [5.41, 5.74) is 2.41. The number of benzene rings is 2. The Bertz CT molecular complexity index is 1060. The van der Waals surface area contributed by atoms with Crippen LogP contribution in [0, 0.1) is 12.3 Å². The fourth-order valence-electron chi connectivity index (χ4n) is 4.80. The first kappa shape index (κ1) is 19.5. The number of nitrogens with one attached hydrogen (secondary N) is 1. The number of carbonyl (C=O) groups is 1. The zero-order valence-corrected chi connectivity index (χ0v) is 18.2. The lowest BCUT2D eigenvalue weighted by Crippen LogP contribution is -2.71. The fourth-order valence-corrected chi connectivity index (χ4v) is 5.79. The van der Waals surface area contributed by atoms with Gasteiger partial charge in [0.2, 0.25) is 5.13 Å². The summed E-state index contributed by atoms with van der Waals surface area (Å²) in [4.78, 5) is 12.4. The Morgan fingerprint density at radius 2 is 1.80 bits per heavy atom. The van der Waals surface area contributed by atoms with Crippen molar-refractivity contribution in [2.45, 2.75) is 38.1 Å². The quantitative estimate of drug-likeness (QED) is 0.499. The highest BCUT2D eigenvalue weighted by Gasteiger charge is 2.68. The summed E-state index contributed by atoms with van der Waals surface area (Å²) in [5.74, 6) is 0.919. The second kappa shape index (κ2) is 7.36. The van der Waals surface area contributed by atoms with Crippen LogP contribution in [-0.4, -0.2) is 28.1 Å². The number of nitrogens with zero attached hydrogens (tertiary/aromatic N) is 2. The number of hydrogen-bond donors (Lipinski definition) is 1. The molecule has 5 nitrogen and oxygen atoms in total. The lowest BCUT2D eigenvalue weighted by Gasteiger charge is -2.70. The van der Waals surface area contributed by atoms with Gasteiger partial charge in [-0.05, 0) is 55.9 Å². The van der Waals surface area contributed by atoms with Gasteiger partial charge in [-0.3, -0.25) is 4.79 Å². The van der Waals surface area contributed by atoms with E-state index in [1.165, 1.54) is 5.56 Å². The summed E-state index contributed by atoms with van der Waals surface area (Å²) in [5, 5.41) is 14.6. The summed E-state index contributed by atoms with van der Waals surface area (Å²) >= 11 is 7.50. The molecule has 3 aliphatic carbocycles. The number of ketones is 1. The molecule has 154 valence electrons. The van der Waals surface area contributed by atoms with Crippen LogP contribution in [0.2, 0.25) is 5.02 Å². The van der Waals surface area contributed by atoms with Gasteiger partial charge >= 0.3 is 0 Å². The third-order valence-electron chi connectivity index (χ3n) is 6.02. The fraction of sp³-hybridized carbons (Fsp3) is 0.348. The van der Waals surface area contributed by atoms with E-state index in [9.17, 15) is 4.79 Å². The second-order valence-electron chi connectivity index (χ2n) is 8.67. The van der Waals surface area contributed by atoms with Gasteiger partial charge in [0.05, 0.1) is 0 Å². The zero-order chi connectivity index (χ0) is 20.8. The van der Waals surface area contributed by atoms with Crippen molar-refractivity contribution in [3.05, 3.63) is 59.1 Å². The molecule has 0 unspecified atom stereocenters. The Morgan fingerprint density at radius 1 is 1.10 bits per heavy atom. The Balaban J connectivity index is 1.11. The minimum absolute atomic E-state index is 0.0783. The number of anilines is 1. The van der Waals surface area contributed by atoms with Gasteiger partial charge in [-0.15, -0.1) is 10.2 Å². The van der Waals surface area contributed by atoms with E-state index in [4.69, 9.17) is 16.3 Å². The molecular weight excluding hydrogens is 418 g/mol. The number of aromatic nitrogens is 2. The van der Waals surface area contributed by atoms with Crippen LogP contribution in [0.25, 0.3) is 10.6 Å². The van der Waals surface area contributed by atoms with E-state index in [1.54, 1.807) is 11.3 Å². The van der Waals surface area contributed by atoms with Crippen molar-refractivity contribution in [2.75, 3.05) is 11.9 Å². The van der Waals surface area contributed by atoms with Gasteiger partial charge in [-0.1, -0.05) is 52.8 Å². The highest BCUT2D eigenvalue weighted by Crippen LogP contribution is 2.70. The van der Waals surface area contributed by atoms with E-state index in [2.05, 4.69) is 15.5 Å². The minimum Gasteiger partial charge on any atom is -0.486 e. The van der Waals surface area contributed by atoms with Gasteiger partial charge in [0.1, 0.15) is 17.4 Å². The molecule has 6 rings (SSSR count). The van der Waals surface area contributed by atoms with Gasteiger partial charge in [-0.2, -0.15) is 0 Å². The number of halogens is 1. The number of rotatable bonds is 8. The standard InChI is InChI=1S/C23H22ClN3O2S/c1-15-2-8-19(9-3-15)29-11-18(28)10-22-12-23(13-22,14-22)25-21-27-26-20(30-21)16-4-6-17(24)7-5-16/h2-9H,10-14H2,1H3,(H,25,27). The molecule has 3 fully saturated rings. The van der Waals surface area contributed by atoms with Crippen LogP contribution in [0.1, 0.15) is 31.2 Å². The molecule has 3 saturated carbocycles. The molecule has 0 saturated heterocycles. The molecule has 2 bridgehead atoms. The molecule has 2 aromatic carbocycles. The predicted molar refractivity (Wildman–Crippen MR) is 119 cm³/mol. The molecule has 3 aliphatic rings. The van der Waals surface area contributed by atoms with Crippen molar-refractivity contribution in [2.24, 2.45) is 5.41 Å². The zero-order valence-electron chi connectivity index (χ0n) is 16.7. The number of ether oxygens (including phenoxy) is 1. The molecule has 0 aliphatic heterocycles. The van der Waals surface area contributed by atoms with E-state index < -0.39 is 0 Å². The van der Waals surface area contributed by atoms with Gasteiger partial charge in [0.25, 0.3) is 0 Å². The Kier molecular flexibility index (Phi) is 4.79. The minimum atomic E-state index is 0.0783. The van der Waals surface area contributed by atoms with Crippen molar-refractivity contribution in [1.82, 2.24) is 10.2 Å². The summed E-state index contributed by atoms with van der Waals surface area (Å²) in [6, 6.07) is 15.4. The van der Waals surface area contributed by atoms with Crippen molar-refractivity contribution in [3.8, 4) is 16.3 Å². The van der Waals surface area contributed by atoms with Gasteiger partial charge in [-0.25, -0.2) is 0 Å². The average Bonchev–Trinajstić information content (AvgIpc) is 3.14. The van der Waals surface area contributed by atoms with Gasteiger partial charge < -0.3 is 10.1 Å². The first-order valence-corrected chi connectivity index (χ1v) is 11.2. The number of Topliss-reactive ketones (excluding diaryl/α,β-unsaturated/α-hetero) is 1. The summed E-state index contributed by atoms with van der Waals surface area (Å²) in [6.45, 7) is 2.17. The van der Waals surface area contributed by atoms with E-state index in [0.29, 0.717) is 11.4 Å². The smallest absolute Gasteiger partial charge is 0.206 e. The molecular formula is C23H22ClN3O2S. The number of hydrogen-bond acceptors (Lipinski definition) is 6. The molecule has 1 heterocycles. The van der Waals surface area contributed by atoms with Gasteiger partial charge in [0, 0.05) is 22.5 Å². The Morgan fingerprint density at radius 3 is 2.50 bits per heavy atom. The third-order valence-corrected chi connectivity index (χ3v) is 7.16. The third kappa shape index (κ3) is 3.82. The normalized spacial score (nSPS) is 23.9. The average molecular weight is 440 g/mol. The maximum atomic E-state index is 12.4. The largest absolute Gasteiger partial charge is 0.486 e. The first-order chi connectivity index (χ1) is 14.4. The van der Waals surface area contributed by atoms with Crippen LogP contribution in [0.15, 0.2) is 48.5 Å². The highest BCUT2D eigenvalue weighted by molar-refractivity contribution is 7.18. The molecule has 0 atom stereocenters.